The molecule has 21 heavy (non-hydrogen) atoms. The molecule has 1 atom stereocenters. The largest absolute Gasteiger partial charge is 0.239 e. The molecular weight excluding hydrogens is 348 g/mol. The maximum atomic E-state index is 6.80. The molecular formula is C16H11Cl4N. The van der Waals surface area contributed by atoms with Crippen molar-refractivity contribution in [3.05, 3.63) is 63.6 Å². The number of halogens is 4. The van der Waals surface area contributed by atoms with Crippen LogP contribution in [0.4, 0.5) is 5.69 Å². The molecule has 0 radical (unpaired) electrons. The molecule has 1 aliphatic rings. The highest BCUT2D eigenvalue weighted by Crippen LogP contribution is 2.42. The van der Waals surface area contributed by atoms with Crippen LogP contribution in [0.15, 0.2) is 47.5 Å². The van der Waals surface area contributed by atoms with Crippen molar-refractivity contribution in [3.63, 3.8) is 0 Å². The summed E-state index contributed by atoms with van der Waals surface area (Å²) in [4.78, 5) is 3.65. The SMILES string of the molecule is ClC1=Nc2cc(Cl)ccc2CCC1(Cl)c1ccc(Cl)cc1. The Balaban J connectivity index is 2.07. The Morgan fingerprint density at radius 1 is 0.905 bits per heavy atom. The fourth-order valence-corrected chi connectivity index (χ4v) is 3.28. The van der Waals surface area contributed by atoms with Gasteiger partial charge in [-0.05, 0) is 48.2 Å². The van der Waals surface area contributed by atoms with Gasteiger partial charge in [0.05, 0.1) is 5.69 Å². The standard InChI is InChI=1S/C16H11Cl4N/c17-12-5-2-11(3-6-12)16(20)8-7-10-1-4-13(18)9-14(10)21-15(16)19/h1-6,9H,7-8H2. The molecule has 0 amide bonds. The number of rotatable bonds is 1. The Labute approximate surface area is 143 Å². The summed E-state index contributed by atoms with van der Waals surface area (Å²) in [5.74, 6) is 0. The van der Waals surface area contributed by atoms with Crippen molar-refractivity contribution in [2.24, 2.45) is 4.99 Å². The van der Waals surface area contributed by atoms with Gasteiger partial charge in [0.2, 0.25) is 0 Å². The first kappa shape index (κ1) is 15.2. The van der Waals surface area contributed by atoms with Gasteiger partial charge in [0, 0.05) is 10.0 Å². The Kier molecular flexibility index (Phi) is 4.20. The van der Waals surface area contributed by atoms with Crippen LogP contribution >= 0.6 is 46.4 Å². The van der Waals surface area contributed by atoms with E-state index in [1.165, 1.54) is 0 Å². The smallest absolute Gasteiger partial charge is 0.132 e. The summed E-state index contributed by atoms with van der Waals surface area (Å²) in [5.41, 5.74) is 2.76. The molecule has 0 aliphatic carbocycles. The topological polar surface area (TPSA) is 12.4 Å². The monoisotopic (exact) mass is 357 g/mol. The lowest BCUT2D eigenvalue weighted by Crippen LogP contribution is -2.26. The van der Waals surface area contributed by atoms with E-state index in [0.29, 0.717) is 21.6 Å². The minimum absolute atomic E-state index is 0.354. The minimum atomic E-state index is -0.836. The van der Waals surface area contributed by atoms with E-state index in [9.17, 15) is 0 Å². The lowest BCUT2D eigenvalue weighted by molar-refractivity contribution is 0.717. The third-order valence-corrected chi connectivity index (χ3v) is 5.21. The van der Waals surface area contributed by atoms with Gasteiger partial charge in [0.1, 0.15) is 10.0 Å². The molecule has 1 nitrogen and oxygen atoms in total. The van der Waals surface area contributed by atoms with Gasteiger partial charge in [-0.25, -0.2) is 4.99 Å². The molecule has 0 fully saturated rings. The third kappa shape index (κ3) is 2.93. The van der Waals surface area contributed by atoms with Crippen molar-refractivity contribution in [2.45, 2.75) is 17.7 Å². The van der Waals surface area contributed by atoms with Crippen LogP contribution in [0, 0.1) is 0 Å². The van der Waals surface area contributed by atoms with Gasteiger partial charge in [-0.15, -0.1) is 11.6 Å². The average molecular weight is 359 g/mol. The molecule has 0 spiro atoms. The van der Waals surface area contributed by atoms with Crippen molar-refractivity contribution in [2.75, 3.05) is 0 Å². The first-order chi connectivity index (χ1) is 9.99. The lowest BCUT2D eigenvalue weighted by atomic mass is 9.93. The summed E-state index contributed by atoms with van der Waals surface area (Å²) in [6.07, 6.45) is 1.44. The van der Waals surface area contributed by atoms with E-state index in [2.05, 4.69) is 4.99 Å². The molecule has 108 valence electrons. The van der Waals surface area contributed by atoms with Crippen molar-refractivity contribution in [1.29, 1.82) is 0 Å². The van der Waals surface area contributed by atoms with Crippen LogP contribution in [0.5, 0.6) is 0 Å². The van der Waals surface area contributed by atoms with Crippen LogP contribution in [-0.2, 0) is 11.3 Å². The summed E-state index contributed by atoms with van der Waals surface area (Å²) in [5, 5.41) is 1.65. The van der Waals surface area contributed by atoms with E-state index in [1.54, 1.807) is 12.1 Å². The zero-order valence-electron chi connectivity index (χ0n) is 10.9. The second-order valence-corrected chi connectivity index (χ2v) is 6.86. The maximum Gasteiger partial charge on any atom is 0.132 e. The van der Waals surface area contributed by atoms with E-state index in [4.69, 9.17) is 46.4 Å². The van der Waals surface area contributed by atoms with Crippen molar-refractivity contribution in [1.82, 2.24) is 0 Å². The average Bonchev–Trinajstić information content (AvgIpc) is 2.58. The van der Waals surface area contributed by atoms with Gasteiger partial charge in [0.15, 0.2) is 0 Å². The number of nitrogens with zero attached hydrogens (tertiary/aromatic N) is 1. The Morgan fingerprint density at radius 2 is 1.57 bits per heavy atom. The highest BCUT2D eigenvalue weighted by Gasteiger charge is 2.36. The summed E-state index contributed by atoms with van der Waals surface area (Å²) >= 11 is 25.2. The number of aryl methyl sites for hydroxylation is 1. The zero-order valence-corrected chi connectivity index (χ0v) is 13.9. The molecule has 3 rings (SSSR count). The Hall–Kier alpha value is -0.730. The predicted molar refractivity (Wildman–Crippen MR) is 91.7 cm³/mol. The minimum Gasteiger partial charge on any atom is -0.239 e. The summed E-state index contributed by atoms with van der Waals surface area (Å²) in [6, 6.07) is 13.0. The van der Waals surface area contributed by atoms with Crippen LogP contribution in [0.25, 0.3) is 0 Å². The number of hydrogen-bond donors (Lipinski definition) is 0. The van der Waals surface area contributed by atoms with Gasteiger partial charge in [-0.2, -0.15) is 0 Å². The predicted octanol–water partition coefficient (Wildman–Crippen LogP) is 6.34. The molecule has 0 bridgehead atoms. The molecule has 1 aliphatic heterocycles. The van der Waals surface area contributed by atoms with Crippen LogP contribution in [0.2, 0.25) is 10.0 Å². The van der Waals surface area contributed by atoms with Gasteiger partial charge < -0.3 is 0 Å². The normalized spacial score (nSPS) is 21.4. The molecule has 0 aromatic heterocycles. The van der Waals surface area contributed by atoms with E-state index < -0.39 is 4.87 Å². The first-order valence-corrected chi connectivity index (χ1v) is 7.98. The number of benzene rings is 2. The van der Waals surface area contributed by atoms with Gasteiger partial charge in [-0.3, -0.25) is 0 Å². The molecule has 2 aromatic carbocycles. The number of hydrogen-bond acceptors (Lipinski definition) is 1. The summed E-state index contributed by atoms with van der Waals surface area (Å²) in [7, 11) is 0. The second kappa shape index (κ2) is 5.81. The maximum absolute atomic E-state index is 6.80. The zero-order chi connectivity index (χ0) is 15.0. The van der Waals surface area contributed by atoms with Gasteiger partial charge >= 0.3 is 0 Å². The third-order valence-electron chi connectivity index (χ3n) is 3.63. The highest BCUT2D eigenvalue weighted by molar-refractivity contribution is 6.72. The van der Waals surface area contributed by atoms with Gasteiger partial charge in [-0.1, -0.05) is 53.0 Å². The molecule has 1 heterocycles. The van der Waals surface area contributed by atoms with Crippen molar-refractivity contribution < 1.29 is 0 Å². The number of fused-ring (bicyclic) bond motifs is 1. The Bertz CT molecular complexity index is 709. The van der Waals surface area contributed by atoms with E-state index >= 15 is 0 Å². The first-order valence-electron chi connectivity index (χ1n) is 6.47. The van der Waals surface area contributed by atoms with Crippen LogP contribution in [0.1, 0.15) is 17.5 Å². The Morgan fingerprint density at radius 3 is 2.29 bits per heavy atom. The molecule has 1 unspecified atom stereocenters. The summed E-state index contributed by atoms with van der Waals surface area (Å²) < 4.78 is 0. The van der Waals surface area contributed by atoms with Crippen LogP contribution in [-0.4, -0.2) is 5.17 Å². The van der Waals surface area contributed by atoms with Crippen LogP contribution < -0.4 is 0 Å². The molecule has 0 N–H and O–H groups in total. The van der Waals surface area contributed by atoms with Crippen molar-refractivity contribution >= 4 is 57.3 Å². The fraction of sp³-hybridized carbons (Fsp3) is 0.188. The highest BCUT2D eigenvalue weighted by atomic mass is 35.5. The van der Waals surface area contributed by atoms with E-state index in [-0.39, 0.29) is 0 Å². The van der Waals surface area contributed by atoms with Gasteiger partial charge in [0.25, 0.3) is 0 Å². The van der Waals surface area contributed by atoms with E-state index in [1.807, 2.05) is 30.3 Å². The summed E-state index contributed by atoms with van der Waals surface area (Å²) in [6.45, 7) is 0. The second-order valence-electron chi connectivity index (χ2n) is 4.98. The van der Waals surface area contributed by atoms with E-state index in [0.717, 1.165) is 23.2 Å². The molecule has 0 saturated heterocycles. The number of alkyl halides is 1. The molecule has 5 heteroatoms. The number of aliphatic imine (C=N–C) groups is 1. The molecule has 2 aromatic rings. The fourth-order valence-electron chi connectivity index (χ4n) is 2.43. The van der Waals surface area contributed by atoms with Crippen LogP contribution in [0.3, 0.4) is 0 Å². The quantitative estimate of drug-likeness (QED) is 0.527. The lowest BCUT2D eigenvalue weighted by Gasteiger charge is -2.24. The van der Waals surface area contributed by atoms with Crippen molar-refractivity contribution in [3.8, 4) is 0 Å². The molecule has 0 saturated carbocycles.